The number of rotatable bonds is 4. The molecule has 0 aliphatic rings. The summed E-state index contributed by atoms with van der Waals surface area (Å²) in [6.07, 6.45) is 4.65. The van der Waals surface area contributed by atoms with E-state index in [0.717, 1.165) is 6.42 Å². The molecule has 0 saturated heterocycles. The molecule has 1 N–H and O–H groups in total. The molecule has 0 aliphatic heterocycles. The number of aromatic nitrogens is 1. The number of pyridine rings is 1. The van der Waals surface area contributed by atoms with Crippen molar-refractivity contribution in [3.8, 4) is 6.07 Å². The number of hydrogen-bond donors (Lipinski definition) is 1. The predicted molar refractivity (Wildman–Crippen MR) is 56.0 cm³/mol. The van der Waals surface area contributed by atoms with E-state index >= 15 is 0 Å². The summed E-state index contributed by atoms with van der Waals surface area (Å²) in [5.74, 6) is -0.225. The number of amides is 1. The van der Waals surface area contributed by atoms with Crippen LogP contribution in [-0.4, -0.2) is 16.9 Å². The van der Waals surface area contributed by atoms with Gasteiger partial charge in [-0.3, -0.25) is 9.78 Å². The van der Waals surface area contributed by atoms with Gasteiger partial charge in [0.1, 0.15) is 6.04 Å². The zero-order valence-electron chi connectivity index (χ0n) is 8.60. The predicted octanol–water partition coefficient (Wildman–Crippen LogP) is 1.50. The smallest absolute Gasteiger partial charge is 0.252 e. The SMILES string of the molecule is CCCC(C#N)NC(=O)c1ccncc1. The Bertz CT molecular complexity index is 356. The lowest BCUT2D eigenvalue weighted by molar-refractivity contribution is 0.0944. The van der Waals surface area contributed by atoms with E-state index in [1.165, 1.54) is 0 Å². The maximum absolute atomic E-state index is 11.6. The lowest BCUT2D eigenvalue weighted by Crippen LogP contribution is -2.33. The van der Waals surface area contributed by atoms with Crippen LogP contribution in [0.2, 0.25) is 0 Å². The van der Waals surface area contributed by atoms with Crippen LogP contribution in [0.5, 0.6) is 0 Å². The van der Waals surface area contributed by atoms with Gasteiger partial charge in [0.2, 0.25) is 0 Å². The van der Waals surface area contributed by atoms with Gasteiger partial charge >= 0.3 is 0 Å². The number of nitrogens with zero attached hydrogens (tertiary/aromatic N) is 2. The van der Waals surface area contributed by atoms with Crippen molar-refractivity contribution in [1.82, 2.24) is 10.3 Å². The molecule has 0 spiro atoms. The minimum absolute atomic E-state index is 0.225. The molecule has 4 nitrogen and oxygen atoms in total. The van der Waals surface area contributed by atoms with Gasteiger partial charge in [-0.25, -0.2) is 0 Å². The monoisotopic (exact) mass is 203 g/mol. The fourth-order valence-corrected chi connectivity index (χ4v) is 1.20. The van der Waals surface area contributed by atoms with Crippen LogP contribution in [0.25, 0.3) is 0 Å². The van der Waals surface area contributed by atoms with Crippen LogP contribution < -0.4 is 5.32 Å². The first-order chi connectivity index (χ1) is 7.27. The van der Waals surface area contributed by atoms with Crippen molar-refractivity contribution in [2.45, 2.75) is 25.8 Å². The van der Waals surface area contributed by atoms with Gasteiger partial charge in [0.05, 0.1) is 6.07 Å². The van der Waals surface area contributed by atoms with E-state index in [4.69, 9.17) is 5.26 Å². The maximum Gasteiger partial charge on any atom is 0.252 e. The van der Waals surface area contributed by atoms with E-state index in [1.807, 2.05) is 6.92 Å². The fraction of sp³-hybridized carbons (Fsp3) is 0.364. The molecule has 1 rings (SSSR count). The molecular weight excluding hydrogens is 190 g/mol. The highest BCUT2D eigenvalue weighted by atomic mass is 16.1. The van der Waals surface area contributed by atoms with Crippen LogP contribution in [0.1, 0.15) is 30.1 Å². The molecule has 1 aromatic heterocycles. The molecule has 1 aromatic rings. The third kappa shape index (κ3) is 3.39. The molecule has 4 heteroatoms. The first kappa shape index (κ1) is 11.2. The van der Waals surface area contributed by atoms with Crippen LogP contribution in [0, 0.1) is 11.3 Å². The molecule has 1 unspecified atom stereocenters. The molecule has 0 bridgehead atoms. The number of hydrogen-bond acceptors (Lipinski definition) is 3. The minimum atomic E-state index is -0.407. The Kier molecular flexibility index (Phi) is 4.30. The van der Waals surface area contributed by atoms with Gasteiger partial charge in [0.15, 0.2) is 0 Å². The van der Waals surface area contributed by atoms with Gasteiger partial charge in [-0.15, -0.1) is 0 Å². The third-order valence-corrected chi connectivity index (χ3v) is 1.98. The molecule has 0 aromatic carbocycles. The second-order valence-electron chi connectivity index (χ2n) is 3.18. The van der Waals surface area contributed by atoms with Crippen molar-refractivity contribution in [2.75, 3.05) is 0 Å². The standard InChI is InChI=1S/C11H13N3O/c1-2-3-10(8-12)14-11(15)9-4-6-13-7-5-9/h4-7,10H,2-3H2,1H3,(H,14,15). The van der Waals surface area contributed by atoms with Crippen molar-refractivity contribution in [3.63, 3.8) is 0 Å². The topological polar surface area (TPSA) is 65.8 Å². The van der Waals surface area contributed by atoms with Gasteiger partial charge in [-0.1, -0.05) is 13.3 Å². The summed E-state index contributed by atoms with van der Waals surface area (Å²) < 4.78 is 0. The summed E-state index contributed by atoms with van der Waals surface area (Å²) >= 11 is 0. The Hall–Kier alpha value is -1.89. The first-order valence-electron chi connectivity index (χ1n) is 4.88. The second-order valence-corrected chi connectivity index (χ2v) is 3.18. The quantitative estimate of drug-likeness (QED) is 0.806. The number of carbonyl (C=O) groups is 1. The highest BCUT2D eigenvalue weighted by Crippen LogP contribution is 2.00. The van der Waals surface area contributed by atoms with Gasteiger partial charge in [-0.05, 0) is 18.6 Å². The average molecular weight is 203 g/mol. The molecular formula is C11H13N3O. The maximum atomic E-state index is 11.6. The number of carbonyl (C=O) groups excluding carboxylic acids is 1. The molecule has 0 radical (unpaired) electrons. The van der Waals surface area contributed by atoms with E-state index in [0.29, 0.717) is 12.0 Å². The zero-order chi connectivity index (χ0) is 11.1. The lowest BCUT2D eigenvalue weighted by Gasteiger charge is -2.09. The van der Waals surface area contributed by atoms with Gasteiger partial charge in [0, 0.05) is 18.0 Å². The molecule has 0 saturated carbocycles. The summed E-state index contributed by atoms with van der Waals surface area (Å²) in [4.78, 5) is 15.4. The van der Waals surface area contributed by atoms with Crippen LogP contribution in [0.15, 0.2) is 24.5 Å². The van der Waals surface area contributed by atoms with E-state index in [2.05, 4.69) is 16.4 Å². The summed E-state index contributed by atoms with van der Waals surface area (Å²) in [5.41, 5.74) is 0.529. The van der Waals surface area contributed by atoms with E-state index in [1.54, 1.807) is 24.5 Å². The largest absolute Gasteiger partial charge is 0.336 e. The minimum Gasteiger partial charge on any atom is -0.336 e. The fourth-order valence-electron chi connectivity index (χ4n) is 1.20. The van der Waals surface area contributed by atoms with Gasteiger partial charge in [-0.2, -0.15) is 5.26 Å². The average Bonchev–Trinajstić information content (AvgIpc) is 2.29. The Morgan fingerprint density at radius 3 is 2.80 bits per heavy atom. The van der Waals surface area contributed by atoms with Crippen molar-refractivity contribution in [3.05, 3.63) is 30.1 Å². The highest BCUT2D eigenvalue weighted by molar-refractivity contribution is 5.94. The Labute approximate surface area is 88.9 Å². The second kappa shape index (κ2) is 5.76. The summed E-state index contributed by atoms with van der Waals surface area (Å²) in [6.45, 7) is 1.98. The van der Waals surface area contributed by atoms with Crippen molar-refractivity contribution >= 4 is 5.91 Å². The lowest BCUT2D eigenvalue weighted by atomic mass is 10.1. The van der Waals surface area contributed by atoms with E-state index in [9.17, 15) is 4.79 Å². The van der Waals surface area contributed by atoms with Crippen LogP contribution in [-0.2, 0) is 0 Å². The van der Waals surface area contributed by atoms with E-state index < -0.39 is 6.04 Å². The third-order valence-electron chi connectivity index (χ3n) is 1.98. The van der Waals surface area contributed by atoms with Crippen LogP contribution in [0.4, 0.5) is 0 Å². The normalized spacial score (nSPS) is 11.5. The Morgan fingerprint density at radius 1 is 1.60 bits per heavy atom. The molecule has 0 aliphatic carbocycles. The molecule has 0 fully saturated rings. The van der Waals surface area contributed by atoms with Crippen molar-refractivity contribution in [1.29, 1.82) is 5.26 Å². The molecule has 15 heavy (non-hydrogen) atoms. The number of nitriles is 1. The summed E-state index contributed by atoms with van der Waals surface area (Å²) in [6, 6.07) is 4.89. The Morgan fingerprint density at radius 2 is 2.27 bits per heavy atom. The van der Waals surface area contributed by atoms with Gasteiger partial charge < -0.3 is 5.32 Å². The number of nitrogens with one attached hydrogen (secondary N) is 1. The summed E-state index contributed by atoms with van der Waals surface area (Å²) in [5, 5.41) is 11.4. The Balaban J connectivity index is 2.60. The molecule has 1 atom stereocenters. The molecule has 78 valence electrons. The van der Waals surface area contributed by atoms with Gasteiger partial charge in [0.25, 0.3) is 5.91 Å². The van der Waals surface area contributed by atoms with Crippen molar-refractivity contribution < 1.29 is 4.79 Å². The summed E-state index contributed by atoms with van der Waals surface area (Å²) in [7, 11) is 0. The van der Waals surface area contributed by atoms with Crippen molar-refractivity contribution in [2.24, 2.45) is 0 Å². The molecule has 1 amide bonds. The highest BCUT2D eigenvalue weighted by Gasteiger charge is 2.11. The first-order valence-corrected chi connectivity index (χ1v) is 4.88. The zero-order valence-corrected chi connectivity index (χ0v) is 8.60. The van der Waals surface area contributed by atoms with E-state index in [-0.39, 0.29) is 5.91 Å². The van der Waals surface area contributed by atoms with Crippen LogP contribution in [0.3, 0.4) is 0 Å². The molecule has 1 heterocycles. The van der Waals surface area contributed by atoms with Crippen LogP contribution >= 0.6 is 0 Å².